The summed E-state index contributed by atoms with van der Waals surface area (Å²) in [6.45, 7) is 1.85. The largest absolute Gasteiger partial charge is 0.312 e. The van der Waals surface area contributed by atoms with Crippen molar-refractivity contribution in [3.8, 4) is 0 Å². The Morgan fingerprint density at radius 1 is 1.57 bits per heavy atom. The predicted molar refractivity (Wildman–Crippen MR) is 55.5 cm³/mol. The van der Waals surface area contributed by atoms with Gasteiger partial charge in [0.15, 0.2) is 5.82 Å². The number of carbonyl (C=O) groups is 1. The topological polar surface area (TPSA) is 47.8 Å². The third kappa shape index (κ3) is 1.56. The smallest absolute Gasteiger partial charge is 0.204 e. The molecule has 0 saturated carbocycles. The van der Waals surface area contributed by atoms with Gasteiger partial charge < -0.3 is 4.57 Å². The van der Waals surface area contributed by atoms with Crippen molar-refractivity contribution in [1.29, 1.82) is 0 Å². The lowest BCUT2D eigenvalue weighted by Gasteiger charge is -2.05. The molecule has 5 heteroatoms. The summed E-state index contributed by atoms with van der Waals surface area (Å²) in [6.07, 6.45) is 0.982. The van der Waals surface area contributed by atoms with Crippen molar-refractivity contribution >= 4 is 17.5 Å². The fourth-order valence-electron chi connectivity index (χ4n) is 1.55. The number of rotatable bonds is 2. The normalized spacial score (nSPS) is 21.4. The summed E-state index contributed by atoms with van der Waals surface area (Å²) in [5.41, 5.74) is 0. The van der Waals surface area contributed by atoms with Crippen LogP contribution >= 0.6 is 11.8 Å². The molecule has 2 rings (SSSR count). The van der Waals surface area contributed by atoms with Gasteiger partial charge in [0.25, 0.3) is 0 Å². The quantitative estimate of drug-likeness (QED) is 0.686. The Bertz CT molecular complexity index is 355. The molecule has 1 unspecified atom stereocenters. The van der Waals surface area contributed by atoms with Gasteiger partial charge in [0, 0.05) is 18.7 Å². The number of aryl methyl sites for hydroxylation is 1. The summed E-state index contributed by atoms with van der Waals surface area (Å²) in [5.74, 6) is 3.63. The highest BCUT2D eigenvalue weighted by molar-refractivity contribution is 7.99. The van der Waals surface area contributed by atoms with Gasteiger partial charge in [-0.25, -0.2) is 0 Å². The van der Waals surface area contributed by atoms with E-state index in [1.54, 1.807) is 4.57 Å². The Morgan fingerprint density at radius 2 is 2.36 bits per heavy atom. The first-order chi connectivity index (χ1) is 6.70. The number of hydrogen-bond donors (Lipinski definition) is 0. The lowest BCUT2D eigenvalue weighted by molar-refractivity contribution is 0.0919. The maximum absolute atomic E-state index is 11.9. The average Bonchev–Trinajstić information content (AvgIpc) is 2.77. The summed E-state index contributed by atoms with van der Waals surface area (Å²) < 4.78 is 1.77. The SMILES string of the molecule is Cc1nnc(C(=O)C2CCSC2)n1C. The van der Waals surface area contributed by atoms with Gasteiger partial charge >= 0.3 is 0 Å². The summed E-state index contributed by atoms with van der Waals surface area (Å²) >= 11 is 1.84. The van der Waals surface area contributed by atoms with E-state index in [0.717, 1.165) is 23.8 Å². The molecule has 76 valence electrons. The lowest BCUT2D eigenvalue weighted by Crippen LogP contribution is -2.18. The molecule has 1 aliphatic rings. The molecule has 0 aromatic carbocycles. The molecule has 1 aromatic rings. The summed E-state index contributed by atoms with van der Waals surface area (Å²) in [4.78, 5) is 11.9. The van der Waals surface area contributed by atoms with Crippen molar-refractivity contribution in [3.05, 3.63) is 11.6 Å². The number of ketones is 1. The molecule has 0 N–H and O–H groups in total. The number of hydrogen-bond acceptors (Lipinski definition) is 4. The highest BCUT2D eigenvalue weighted by Crippen LogP contribution is 2.26. The minimum absolute atomic E-state index is 0.151. The van der Waals surface area contributed by atoms with Crippen molar-refractivity contribution in [1.82, 2.24) is 14.8 Å². The van der Waals surface area contributed by atoms with Gasteiger partial charge in [0.1, 0.15) is 5.82 Å². The Morgan fingerprint density at radius 3 is 2.86 bits per heavy atom. The van der Waals surface area contributed by atoms with E-state index in [9.17, 15) is 4.79 Å². The fourth-order valence-corrected chi connectivity index (χ4v) is 2.77. The fraction of sp³-hybridized carbons (Fsp3) is 0.667. The molecule has 0 amide bonds. The van der Waals surface area contributed by atoms with E-state index in [1.807, 2.05) is 25.7 Å². The first-order valence-corrected chi connectivity index (χ1v) is 5.83. The molecule has 0 bridgehead atoms. The van der Waals surface area contributed by atoms with Crippen LogP contribution in [-0.2, 0) is 7.05 Å². The molecule has 14 heavy (non-hydrogen) atoms. The number of aromatic nitrogens is 3. The highest BCUT2D eigenvalue weighted by Gasteiger charge is 2.27. The molecule has 1 saturated heterocycles. The monoisotopic (exact) mass is 211 g/mol. The number of thioether (sulfide) groups is 1. The molecule has 1 atom stereocenters. The molecule has 4 nitrogen and oxygen atoms in total. The Kier molecular flexibility index (Phi) is 2.58. The second-order valence-corrected chi connectivity index (χ2v) is 4.70. The third-order valence-electron chi connectivity index (χ3n) is 2.61. The zero-order valence-electron chi connectivity index (χ0n) is 8.36. The van der Waals surface area contributed by atoms with Gasteiger partial charge in [0.2, 0.25) is 5.78 Å². The Balaban J connectivity index is 2.22. The van der Waals surface area contributed by atoms with E-state index >= 15 is 0 Å². The van der Waals surface area contributed by atoms with Crippen LogP contribution in [0.1, 0.15) is 22.9 Å². The highest BCUT2D eigenvalue weighted by atomic mass is 32.2. The van der Waals surface area contributed by atoms with Crippen LogP contribution in [0.2, 0.25) is 0 Å². The summed E-state index contributed by atoms with van der Waals surface area (Å²) in [7, 11) is 1.84. The molecule has 0 radical (unpaired) electrons. The van der Waals surface area contributed by atoms with Crippen LogP contribution in [0.3, 0.4) is 0 Å². The summed E-state index contributed by atoms with van der Waals surface area (Å²) in [5, 5.41) is 7.81. The van der Waals surface area contributed by atoms with Crippen LogP contribution < -0.4 is 0 Å². The number of Topliss-reactive ketones (excluding diaryl/α,β-unsaturated/α-hetero) is 1. The maximum Gasteiger partial charge on any atom is 0.204 e. The minimum atomic E-state index is 0.151. The van der Waals surface area contributed by atoms with E-state index in [-0.39, 0.29) is 11.7 Å². The standard InChI is InChI=1S/C9H13N3OS/c1-6-10-11-9(12(6)2)8(13)7-3-4-14-5-7/h7H,3-5H2,1-2H3. The van der Waals surface area contributed by atoms with Crippen LogP contribution in [0, 0.1) is 12.8 Å². The molecule has 1 fully saturated rings. The first kappa shape index (κ1) is 9.71. The van der Waals surface area contributed by atoms with Crippen molar-refractivity contribution in [3.63, 3.8) is 0 Å². The van der Waals surface area contributed by atoms with Crippen LogP contribution in [0.15, 0.2) is 0 Å². The molecular weight excluding hydrogens is 198 g/mol. The van der Waals surface area contributed by atoms with Gasteiger partial charge in [-0.15, -0.1) is 10.2 Å². The lowest BCUT2D eigenvalue weighted by atomic mass is 10.0. The zero-order valence-corrected chi connectivity index (χ0v) is 9.17. The number of carbonyl (C=O) groups excluding carboxylic acids is 1. The van der Waals surface area contributed by atoms with Crippen LogP contribution in [0.5, 0.6) is 0 Å². The van der Waals surface area contributed by atoms with Crippen molar-refractivity contribution < 1.29 is 4.79 Å². The van der Waals surface area contributed by atoms with Crippen molar-refractivity contribution in [2.45, 2.75) is 13.3 Å². The van der Waals surface area contributed by atoms with E-state index in [1.165, 1.54) is 0 Å². The molecule has 1 aliphatic heterocycles. The molecule has 0 spiro atoms. The first-order valence-electron chi connectivity index (χ1n) is 4.68. The Hall–Kier alpha value is -0.840. The van der Waals surface area contributed by atoms with E-state index in [4.69, 9.17) is 0 Å². The minimum Gasteiger partial charge on any atom is -0.312 e. The average molecular weight is 211 g/mol. The van der Waals surface area contributed by atoms with E-state index in [0.29, 0.717) is 5.82 Å². The van der Waals surface area contributed by atoms with Gasteiger partial charge in [-0.1, -0.05) is 0 Å². The second kappa shape index (κ2) is 3.73. The molecule has 0 aliphatic carbocycles. The summed E-state index contributed by atoms with van der Waals surface area (Å²) in [6, 6.07) is 0. The van der Waals surface area contributed by atoms with Crippen LogP contribution in [0.4, 0.5) is 0 Å². The van der Waals surface area contributed by atoms with Gasteiger partial charge in [0.05, 0.1) is 0 Å². The third-order valence-corrected chi connectivity index (χ3v) is 3.78. The van der Waals surface area contributed by atoms with Crippen LogP contribution in [0.25, 0.3) is 0 Å². The van der Waals surface area contributed by atoms with Crippen LogP contribution in [-0.4, -0.2) is 32.1 Å². The van der Waals surface area contributed by atoms with E-state index < -0.39 is 0 Å². The second-order valence-electron chi connectivity index (χ2n) is 3.55. The zero-order chi connectivity index (χ0) is 10.1. The van der Waals surface area contributed by atoms with E-state index in [2.05, 4.69) is 10.2 Å². The molecule has 2 heterocycles. The van der Waals surface area contributed by atoms with Gasteiger partial charge in [-0.05, 0) is 19.1 Å². The van der Waals surface area contributed by atoms with Crippen molar-refractivity contribution in [2.24, 2.45) is 13.0 Å². The van der Waals surface area contributed by atoms with Gasteiger partial charge in [-0.2, -0.15) is 11.8 Å². The molecule has 1 aromatic heterocycles. The number of nitrogens with zero attached hydrogens (tertiary/aromatic N) is 3. The molecular formula is C9H13N3OS. The maximum atomic E-state index is 11.9. The van der Waals surface area contributed by atoms with Gasteiger partial charge in [-0.3, -0.25) is 4.79 Å². The van der Waals surface area contributed by atoms with Crippen molar-refractivity contribution in [2.75, 3.05) is 11.5 Å². The predicted octanol–water partition coefficient (Wildman–Crippen LogP) is 1.06. The Labute approximate surface area is 87.1 Å².